The second-order valence-corrected chi connectivity index (χ2v) is 8.07. The zero-order chi connectivity index (χ0) is 18.0. The van der Waals surface area contributed by atoms with Crippen LogP contribution in [0.15, 0.2) is 35.3 Å². The SMILES string of the molecule is Cc1cc(N2CCC(Cn3nc(C(C)(C)C)ccc3=O)CC2)ccn1. The molecule has 0 unspecified atom stereocenters. The van der Waals surface area contributed by atoms with Crippen LogP contribution in [0.1, 0.15) is 45.0 Å². The fourth-order valence-corrected chi connectivity index (χ4v) is 3.33. The lowest BCUT2D eigenvalue weighted by Crippen LogP contribution is -2.37. The standard InChI is InChI=1S/C20H28N4O/c1-15-13-17(7-10-21-15)23-11-8-16(9-12-23)14-24-19(25)6-5-18(22-24)20(2,3)4/h5-7,10,13,16H,8-9,11-12,14H2,1-4H3. The zero-order valence-corrected chi connectivity index (χ0v) is 15.7. The van der Waals surface area contributed by atoms with Gasteiger partial charge in [0.05, 0.1) is 5.69 Å². The molecule has 3 heterocycles. The Labute approximate surface area is 149 Å². The molecule has 0 saturated carbocycles. The van der Waals surface area contributed by atoms with E-state index in [1.165, 1.54) is 5.69 Å². The monoisotopic (exact) mass is 340 g/mol. The summed E-state index contributed by atoms with van der Waals surface area (Å²) in [5.41, 5.74) is 3.22. The summed E-state index contributed by atoms with van der Waals surface area (Å²) < 4.78 is 1.66. The Balaban J connectivity index is 1.65. The van der Waals surface area contributed by atoms with Crippen molar-refractivity contribution in [3.63, 3.8) is 0 Å². The van der Waals surface area contributed by atoms with E-state index in [1.54, 1.807) is 10.7 Å². The Hall–Kier alpha value is -2.17. The molecule has 2 aromatic rings. The molecule has 1 aliphatic heterocycles. The van der Waals surface area contributed by atoms with Crippen LogP contribution in [0.2, 0.25) is 0 Å². The van der Waals surface area contributed by atoms with Gasteiger partial charge >= 0.3 is 0 Å². The third-order valence-corrected chi connectivity index (χ3v) is 4.93. The quantitative estimate of drug-likeness (QED) is 0.861. The van der Waals surface area contributed by atoms with E-state index >= 15 is 0 Å². The topological polar surface area (TPSA) is 51.0 Å². The first kappa shape index (κ1) is 17.6. The van der Waals surface area contributed by atoms with Crippen LogP contribution in [0.4, 0.5) is 5.69 Å². The van der Waals surface area contributed by atoms with Gasteiger partial charge in [0.2, 0.25) is 0 Å². The molecule has 1 aliphatic rings. The highest BCUT2D eigenvalue weighted by Crippen LogP contribution is 2.24. The molecule has 0 aromatic carbocycles. The van der Waals surface area contributed by atoms with Crippen molar-refractivity contribution < 1.29 is 0 Å². The number of anilines is 1. The molecule has 0 amide bonds. The van der Waals surface area contributed by atoms with Crippen LogP contribution >= 0.6 is 0 Å². The largest absolute Gasteiger partial charge is 0.371 e. The number of piperidine rings is 1. The highest BCUT2D eigenvalue weighted by Gasteiger charge is 2.22. The molecule has 0 bridgehead atoms. The van der Waals surface area contributed by atoms with Gasteiger partial charge in [0.1, 0.15) is 0 Å². The molecular weight excluding hydrogens is 312 g/mol. The molecule has 0 N–H and O–H groups in total. The molecule has 1 fully saturated rings. The van der Waals surface area contributed by atoms with Crippen molar-refractivity contribution in [1.82, 2.24) is 14.8 Å². The minimum absolute atomic E-state index is 0.000174. The first-order valence-corrected chi connectivity index (χ1v) is 9.09. The van der Waals surface area contributed by atoms with Gasteiger partial charge in [0.15, 0.2) is 0 Å². The summed E-state index contributed by atoms with van der Waals surface area (Å²) >= 11 is 0. The van der Waals surface area contributed by atoms with E-state index in [0.717, 1.165) is 37.3 Å². The molecule has 5 nitrogen and oxygen atoms in total. The van der Waals surface area contributed by atoms with E-state index in [4.69, 9.17) is 0 Å². The van der Waals surface area contributed by atoms with Crippen LogP contribution < -0.4 is 10.5 Å². The van der Waals surface area contributed by atoms with Crippen LogP contribution in [0, 0.1) is 12.8 Å². The third kappa shape index (κ3) is 4.27. The second-order valence-electron chi connectivity index (χ2n) is 8.07. The van der Waals surface area contributed by atoms with E-state index < -0.39 is 0 Å². The van der Waals surface area contributed by atoms with Crippen LogP contribution in [0.3, 0.4) is 0 Å². The fraction of sp³-hybridized carbons (Fsp3) is 0.550. The predicted molar refractivity (Wildman–Crippen MR) is 101 cm³/mol. The lowest BCUT2D eigenvalue weighted by Gasteiger charge is -2.33. The van der Waals surface area contributed by atoms with E-state index in [1.807, 2.05) is 19.2 Å². The molecule has 5 heteroatoms. The summed E-state index contributed by atoms with van der Waals surface area (Å²) in [6.07, 6.45) is 4.03. The number of aromatic nitrogens is 3. The Morgan fingerprint density at radius 2 is 1.88 bits per heavy atom. The molecule has 0 aliphatic carbocycles. The second kappa shape index (κ2) is 6.98. The van der Waals surface area contributed by atoms with Crippen LogP contribution in [0.25, 0.3) is 0 Å². The highest BCUT2D eigenvalue weighted by molar-refractivity contribution is 5.46. The Morgan fingerprint density at radius 1 is 1.16 bits per heavy atom. The van der Waals surface area contributed by atoms with Crippen molar-refractivity contribution in [2.45, 2.75) is 52.5 Å². The van der Waals surface area contributed by atoms with Gasteiger partial charge in [-0.1, -0.05) is 20.8 Å². The lowest BCUT2D eigenvalue weighted by molar-refractivity contribution is 0.330. The number of rotatable bonds is 3. The Bertz CT molecular complexity index is 783. The molecule has 2 aromatic heterocycles. The Morgan fingerprint density at radius 3 is 2.52 bits per heavy atom. The number of hydrogen-bond acceptors (Lipinski definition) is 4. The summed E-state index contributed by atoms with van der Waals surface area (Å²) in [7, 11) is 0. The Kier molecular flexibility index (Phi) is 4.93. The number of pyridine rings is 1. The summed E-state index contributed by atoms with van der Waals surface area (Å²) in [6.45, 7) is 11.1. The average Bonchev–Trinajstić information content (AvgIpc) is 2.56. The van der Waals surface area contributed by atoms with Crippen molar-refractivity contribution in [2.75, 3.05) is 18.0 Å². The number of nitrogens with zero attached hydrogens (tertiary/aromatic N) is 4. The maximum atomic E-state index is 12.2. The molecule has 0 atom stereocenters. The predicted octanol–water partition coefficient (Wildman–Crippen LogP) is 3.16. The fourth-order valence-electron chi connectivity index (χ4n) is 3.33. The van der Waals surface area contributed by atoms with Gasteiger partial charge < -0.3 is 4.90 Å². The smallest absolute Gasteiger partial charge is 0.266 e. The van der Waals surface area contributed by atoms with Gasteiger partial charge in [-0.25, -0.2) is 4.68 Å². The van der Waals surface area contributed by atoms with E-state index in [-0.39, 0.29) is 11.0 Å². The zero-order valence-electron chi connectivity index (χ0n) is 15.7. The third-order valence-electron chi connectivity index (χ3n) is 4.93. The van der Waals surface area contributed by atoms with Crippen molar-refractivity contribution in [2.24, 2.45) is 5.92 Å². The molecule has 1 saturated heterocycles. The summed E-state index contributed by atoms with van der Waals surface area (Å²) in [6, 6.07) is 7.72. The van der Waals surface area contributed by atoms with Crippen LogP contribution in [-0.2, 0) is 12.0 Å². The van der Waals surface area contributed by atoms with Gasteiger partial charge in [-0.05, 0) is 43.9 Å². The molecule has 3 rings (SSSR count). The van der Waals surface area contributed by atoms with E-state index in [2.05, 4.69) is 47.9 Å². The molecule has 134 valence electrons. The molecule has 25 heavy (non-hydrogen) atoms. The maximum absolute atomic E-state index is 12.2. The maximum Gasteiger partial charge on any atom is 0.266 e. The van der Waals surface area contributed by atoms with Gasteiger partial charge in [-0.3, -0.25) is 9.78 Å². The first-order chi connectivity index (χ1) is 11.8. The van der Waals surface area contributed by atoms with Crippen molar-refractivity contribution in [3.05, 3.63) is 52.2 Å². The van der Waals surface area contributed by atoms with E-state index in [0.29, 0.717) is 12.5 Å². The minimum Gasteiger partial charge on any atom is -0.371 e. The van der Waals surface area contributed by atoms with Crippen molar-refractivity contribution >= 4 is 5.69 Å². The van der Waals surface area contributed by atoms with E-state index in [9.17, 15) is 4.79 Å². The van der Waals surface area contributed by atoms with Gasteiger partial charge in [0.25, 0.3) is 5.56 Å². The summed E-state index contributed by atoms with van der Waals surface area (Å²) in [5, 5.41) is 4.61. The van der Waals surface area contributed by atoms with Crippen LogP contribution in [0.5, 0.6) is 0 Å². The number of hydrogen-bond donors (Lipinski definition) is 0. The minimum atomic E-state index is -0.0436. The van der Waals surface area contributed by atoms with Crippen LogP contribution in [-0.4, -0.2) is 27.9 Å². The molecule has 0 radical (unpaired) electrons. The first-order valence-electron chi connectivity index (χ1n) is 9.09. The molecule has 0 spiro atoms. The summed E-state index contributed by atoms with van der Waals surface area (Å²) in [4.78, 5) is 18.9. The van der Waals surface area contributed by atoms with Crippen molar-refractivity contribution in [1.29, 1.82) is 0 Å². The number of aryl methyl sites for hydroxylation is 1. The molecular formula is C20H28N4O. The van der Waals surface area contributed by atoms with Gasteiger partial charge in [-0.15, -0.1) is 0 Å². The average molecular weight is 340 g/mol. The highest BCUT2D eigenvalue weighted by atomic mass is 16.1. The van der Waals surface area contributed by atoms with Crippen molar-refractivity contribution in [3.8, 4) is 0 Å². The lowest BCUT2D eigenvalue weighted by atomic mass is 9.92. The normalized spacial score (nSPS) is 16.2. The van der Waals surface area contributed by atoms with Gasteiger partial charge in [0, 0.05) is 48.7 Å². The summed E-state index contributed by atoms with van der Waals surface area (Å²) in [5.74, 6) is 0.500. The van der Waals surface area contributed by atoms with Gasteiger partial charge in [-0.2, -0.15) is 5.10 Å².